The summed E-state index contributed by atoms with van der Waals surface area (Å²) in [5.74, 6) is 0.148. The summed E-state index contributed by atoms with van der Waals surface area (Å²) in [6.07, 6.45) is 0. The molecule has 0 aromatic heterocycles. The molecule has 0 aliphatic carbocycles. The molecule has 0 aliphatic rings. The molecule has 110 valence electrons. The van der Waals surface area contributed by atoms with E-state index in [2.05, 4.69) is 0 Å². The highest BCUT2D eigenvalue weighted by atomic mass is 35.5. The Hall–Kier alpha value is -1.51. The molecule has 0 saturated carbocycles. The van der Waals surface area contributed by atoms with Crippen molar-refractivity contribution in [1.82, 2.24) is 0 Å². The number of esters is 1. The third kappa shape index (κ3) is 3.78. The van der Waals surface area contributed by atoms with Gasteiger partial charge in [-0.1, -0.05) is 49.2 Å². The second kappa shape index (κ2) is 6.50. The summed E-state index contributed by atoms with van der Waals surface area (Å²) in [5, 5.41) is 0.897. The maximum atomic E-state index is 12.4. The first-order valence-corrected chi connectivity index (χ1v) is 7.42. The number of carbonyl (C=O) groups excluding carboxylic acids is 1. The average Bonchev–Trinajstić information content (AvgIpc) is 2.37. The fraction of sp³-hybridized carbons (Fsp3) is 0.235. The zero-order chi connectivity index (χ0) is 15.6. The van der Waals surface area contributed by atoms with Gasteiger partial charge in [-0.05, 0) is 48.2 Å². The quantitative estimate of drug-likeness (QED) is 0.539. The van der Waals surface area contributed by atoms with Crippen LogP contribution < -0.4 is 4.74 Å². The third-order valence-electron chi connectivity index (χ3n) is 3.09. The summed E-state index contributed by atoms with van der Waals surface area (Å²) in [4.78, 5) is 12.4. The van der Waals surface area contributed by atoms with E-state index in [1.54, 1.807) is 24.3 Å². The molecular formula is C17H16Cl2O2. The molecule has 0 spiro atoms. The van der Waals surface area contributed by atoms with Gasteiger partial charge >= 0.3 is 5.97 Å². The van der Waals surface area contributed by atoms with Gasteiger partial charge in [-0.2, -0.15) is 0 Å². The van der Waals surface area contributed by atoms with Crippen molar-refractivity contribution in [2.45, 2.75) is 26.7 Å². The predicted octanol–water partition coefficient (Wildman–Crippen LogP) is 5.64. The molecule has 2 aromatic carbocycles. The van der Waals surface area contributed by atoms with Gasteiger partial charge in [-0.15, -0.1) is 0 Å². The summed E-state index contributed by atoms with van der Waals surface area (Å²) in [6.45, 7) is 5.88. The number of halogens is 2. The first-order valence-electron chi connectivity index (χ1n) is 6.66. The van der Waals surface area contributed by atoms with Crippen molar-refractivity contribution < 1.29 is 9.53 Å². The number of hydrogen-bond donors (Lipinski definition) is 0. The van der Waals surface area contributed by atoms with Gasteiger partial charge in [-0.3, -0.25) is 0 Å². The van der Waals surface area contributed by atoms with Gasteiger partial charge in [0.15, 0.2) is 0 Å². The molecule has 0 bridgehead atoms. The van der Waals surface area contributed by atoms with Gasteiger partial charge < -0.3 is 4.74 Å². The molecule has 0 N–H and O–H groups in total. The fourth-order valence-corrected chi connectivity index (χ4v) is 2.89. The molecule has 0 amide bonds. The lowest BCUT2D eigenvalue weighted by molar-refractivity contribution is 0.0733. The Balaban J connectivity index is 2.39. The molecule has 2 nitrogen and oxygen atoms in total. The first-order chi connectivity index (χ1) is 9.88. The number of rotatable bonds is 3. The Kier molecular flexibility index (Phi) is 4.92. The average molecular weight is 323 g/mol. The Morgan fingerprint density at radius 2 is 1.86 bits per heavy atom. The van der Waals surface area contributed by atoms with Crippen LogP contribution in [0.3, 0.4) is 0 Å². The van der Waals surface area contributed by atoms with Crippen molar-refractivity contribution >= 4 is 29.2 Å². The van der Waals surface area contributed by atoms with Gasteiger partial charge in [-0.25, -0.2) is 4.79 Å². The summed E-state index contributed by atoms with van der Waals surface area (Å²) in [6, 6.07) is 10.6. The summed E-state index contributed by atoms with van der Waals surface area (Å²) in [7, 11) is 0. The van der Waals surface area contributed by atoms with Crippen LogP contribution in [0, 0.1) is 6.92 Å². The van der Waals surface area contributed by atoms with Crippen LogP contribution in [-0.2, 0) is 0 Å². The maximum Gasteiger partial charge on any atom is 0.343 e. The number of carbonyl (C=O) groups is 1. The Morgan fingerprint density at radius 3 is 2.48 bits per heavy atom. The summed E-state index contributed by atoms with van der Waals surface area (Å²) < 4.78 is 5.43. The van der Waals surface area contributed by atoms with Crippen molar-refractivity contribution in [1.29, 1.82) is 0 Å². The molecule has 2 rings (SSSR count). The molecule has 4 heteroatoms. The van der Waals surface area contributed by atoms with Crippen molar-refractivity contribution in [3.05, 3.63) is 63.1 Å². The lowest BCUT2D eigenvalue weighted by Crippen LogP contribution is -2.12. The molecule has 2 aromatic rings. The molecule has 21 heavy (non-hydrogen) atoms. The maximum absolute atomic E-state index is 12.4. The van der Waals surface area contributed by atoms with Gasteiger partial charge in [0.2, 0.25) is 0 Å². The summed E-state index contributed by atoms with van der Waals surface area (Å²) >= 11 is 12.2. The van der Waals surface area contributed by atoms with Crippen LogP contribution >= 0.6 is 23.2 Å². The zero-order valence-corrected chi connectivity index (χ0v) is 13.6. The number of ether oxygens (including phenoxy) is 1. The van der Waals surface area contributed by atoms with E-state index in [0.29, 0.717) is 21.4 Å². The standard InChI is InChI=1S/C17H16Cl2O2/c1-10(2)16-14(8-12(18)9-15(16)19)17(20)21-13-6-4-5-11(3)7-13/h4-10H,1-3H3. The second-order valence-corrected chi connectivity index (χ2v) is 6.05. The van der Waals surface area contributed by atoms with Crippen molar-refractivity contribution in [3.63, 3.8) is 0 Å². The highest BCUT2D eigenvalue weighted by Crippen LogP contribution is 2.32. The number of aryl methyl sites for hydroxylation is 1. The topological polar surface area (TPSA) is 26.3 Å². The Labute approximate surface area is 134 Å². The van der Waals surface area contributed by atoms with Gasteiger partial charge in [0.25, 0.3) is 0 Å². The van der Waals surface area contributed by atoms with E-state index in [4.69, 9.17) is 27.9 Å². The SMILES string of the molecule is Cc1cccc(OC(=O)c2cc(Cl)cc(Cl)c2C(C)C)c1. The van der Waals surface area contributed by atoms with E-state index in [1.165, 1.54) is 0 Å². The van der Waals surface area contributed by atoms with E-state index in [9.17, 15) is 4.79 Å². The molecule has 0 radical (unpaired) electrons. The molecule has 0 saturated heterocycles. The molecular weight excluding hydrogens is 307 g/mol. The molecule has 0 fully saturated rings. The summed E-state index contributed by atoms with van der Waals surface area (Å²) in [5.41, 5.74) is 2.18. The number of hydrogen-bond acceptors (Lipinski definition) is 2. The van der Waals surface area contributed by atoms with Crippen LogP contribution in [-0.4, -0.2) is 5.97 Å². The van der Waals surface area contributed by atoms with Gasteiger partial charge in [0.1, 0.15) is 5.75 Å². The lowest BCUT2D eigenvalue weighted by atomic mass is 9.97. The molecule has 0 unspecified atom stereocenters. The van der Waals surface area contributed by atoms with E-state index < -0.39 is 5.97 Å². The minimum Gasteiger partial charge on any atom is -0.423 e. The Bertz CT molecular complexity index is 678. The van der Waals surface area contributed by atoms with Crippen LogP contribution in [0.25, 0.3) is 0 Å². The minimum absolute atomic E-state index is 0.0924. The van der Waals surface area contributed by atoms with Crippen molar-refractivity contribution in [3.8, 4) is 5.75 Å². The second-order valence-electron chi connectivity index (χ2n) is 5.21. The third-order valence-corrected chi connectivity index (χ3v) is 3.62. The van der Waals surface area contributed by atoms with E-state index in [-0.39, 0.29) is 5.92 Å². The highest BCUT2D eigenvalue weighted by molar-refractivity contribution is 6.35. The first kappa shape index (κ1) is 15.9. The van der Waals surface area contributed by atoms with Gasteiger partial charge in [0.05, 0.1) is 5.56 Å². The van der Waals surface area contributed by atoms with E-state index in [1.807, 2.05) is 32.9 Å². The molecule has 0 aliphatic heterocycles. The highest BCUT2D eigenvalue weighted by Gasteiger charge is 2.20. The van der Waals surface area contributed by atoms with E-state index in [0.717, 1.165) is 11.1 Å². The van der Waals surface area contributed by atoms with Crippen LogP contribution in [0.5, 0.6) is 5.75 Å². The molecule has 0 heterocycles. The van der Waals surface area contributed by atoms with Crippen LogP contribution in [0.4, 0.5) is 0 Å². The minimum atomic E-state index is -0.450. The zero-order valence-electron chi connectivity index (χ0n) is 12.1. The molecule has 0 atom stereocenters. The smallest absolute Gasteiger partial charge is 0.343 e. The van der Waals surface area contributed by atoms with Crippen LogP contribution in [0.2, 0.25) is 10.0 Å². The number of benzene rings is 2. The van der Waals surface area contributed by atoms with Crippen LogP contribution in [0.15, 0.2) is 36.4 Å². The van der Waals surface area contributed by atoms with Crippen molar-refractivity contribution in [2.75, 3.05) is 0 Å². The lowest BCUT2D eigenvalue weighted by Gasteiger charge is -2.14. The van der Waals surface area contributed by atoms with Crippen molar-refractivity contribution in [2.24, 2.45) is 0 Å². The van der Waals surface area contributed by atoms with E-state index >= 15 is 0 Å². The Morgan fingerprint density at radius 1 is 1.14 bits per heavy atom. The van der Waals surface area contributed by atoms with Gasteiger partial charge in [0, 0.05) is 10.0 Å². The largest absolute Gasteiger partial charge is 0.423 e. The normalized spacial score (nSPS) is 10.8. The fourth-order valence-electron chi connectivity index (χ4n) is 2.18. The monoisotopic (exact) mass is 322 g/mol. The predicted molar refractivity (Wildman–Crippen MR) is 86.7 cm³/mol. The van der Waals surface area contributed by atoms with Crippen LogP contribution in [0.1, 0.15) is 41.3 Å².